The maximum absolute atomic E-state index is 12.9. The van der Waals surface area contributed by atoms with E-state index < -0.39 is 0 Å². The molecular weight excluding hydrogens is 334 g/mol. The topological polar surface area (TPSA) is 62.2 Å². The van der Waals surface area contributed by atoms with Gasteiger partial charge in [0.2, 0.25) is 5.13 Å². The normalized spacial score (nSPS) is 25.9. The smallest absolute Gasteiger partial charge is 0.272 e. The Kier molecular flexibility index (Phi) is 3.51. The van der Waals surface area contributed by atoms with Crippen LogP contribution < -0.4 is 4.90 Å². The van der Waals surface area contributed by atoms with Gasteiger partial charge in [0.05, 0.1) is 0 Å². The SMILES string of the molecule is O=C(c1cc(C2CC2)ccn1)N1CCC2(CCN(c3nncs3)C2)C1. The van der Waals surface area contributed by atoms with Crippen molar-refractivity contribution < 1.29 is 4.79 Å². The van der Waals surface area contributed by atoms with Crippen LogP contribution in [0.2, 0.25) is 0 Å². The van der Waals surface area contributed by atoms with E-state index in [0.717, 1.165) is 44.2 Å². The van der Waals surface area contributed by atoms with Crippen LogP contribution in [0.4, 0.5) is 5.13 Å². The highest BCUT2D eigenvalue weighted by Gasteiger charge is 2.45. The first-order valence-corrected chi connectivity index (χ1v) is 9.87. The van der Waals surface area contributed by atoms with Gasteiger partial charge in [-0.3, -0.25) is 9.78 Å². The van der Waals surface area contributed by atoms with Gasteiger partial charge in [-0.05, 0) is 49.3 Å². The van der Waals surface area contributed by atoms with Gasteiger partial charge < -0.3 is 9.80 Å². The molecule has 0 aromatic carbocycles. The van der Waals surface area contributed by atoms with Crippen LogP contribution in [-0.2, 0) is 0 Å². The van der Waals surface area contributed by atoms with E-state index in [1.165, 1.54) is 18.4 Å². The minimum atomic E-state index is 0.0914. The molecule has 1 spiro atoms. The summed E-state index contributed by atoms with van der Waals surface area (Å²) in [6.45, 7) is 3.64. The van der Waals surface area contributed by atoms with Gasteiger partial charge in [-0.1, -0.05) is 11.3 Å². The highest BCUT2D eigenvalue weighted by molar-refractivity contribution is 7.13. The van der Waals surface area contributed by atoms with Crippen molar-refractivity contribution in [3.63, 3.8) is 0 Å². The van der Waals surface area contributed by atoms with Gasteiger partial charge in [0.25, 0.3) is 5.91 Å². The number of pyridine rings is 1. The summed E-state index contributed by atoms with van der Waals surface area (Å²) in [5.41, 5.74) is 3.87. The second-order valence-electron chi connectivity index (χ2n) is 7.62. The molecule has 0 bridgehead atoms. The number of amides is 1. The van der Waals surface area contributed by atoms with Gasteiger partial charge >= 0.3 is 0 Å². The first kappa shape index (κ1) is 15.3. The summed E-state index contributed by atoms with van der Waals surface area (Å²) in [7, 11) is 0. The number of hydrogen-bond acceptors (Lipinski definition) is 6. The van der Waals surface area contributed by atoms with E-state index in [-0.39, 0.29) is 11.3 Å². The summed E-state index contributed by atoms with van der Waals surface area (Å²) in [6.07, 6.45) is 6.46. The van der Waals surface area contributed by atoms with E-state index in [9.17, 15) is 4.79 Å². The molecular formula is C18H21N5OS. The fourth-order valence-electron chi connectivity index (χ4n) is 4.24. The van der Waals surface area contributed by atoms with Crippen LogP contribution in [-0.4, -0.2) is 52.2 Å². The molecule has 7 heteroatoms. The summed E-state index contributed by atoms with van der Waals surface area (Å²) >= 11 is 1.59. The van der Waals surface area contributed by atoms with Crippen molar-refractivity contribution in [3.8, 4) is 0 Å². The lowest BCUT2D eigenvalue weighted by molar-refractivity contribution is 0.0770. The molecule has 1 atom stereocenters. The Bertz CT molecular complexity index is 791. The molecule has 5 rings (SSSR count). The molecule has 1 aliphatic carbocycles. The molecule has 1 amide bonds. The Morgan fingerprint density at radius 3 is 2.92 bits per heavy atom. The van der Waals surface area contributed by atoms with Gasteiger partial charge in [0, 0.05) is 37.8 Å². The van der Waals surface area contributed by atoms with Gasteiger partial charge in [-0.2, -0.15) is 0 Å². The van der Waals surface area contributed by atoms with Crippen molar-refractivity contribution in [2.24, 2.45) is 5.41 Å². The van der Waals surface area contributed by atoms with Crippen molar-refractivity contribution in [1.82, 2.24) is 20.1 Å². The van der Waals surface area contributed by atoms with Crippen molar-refractivity contribution >= 4 is 22.4 Å². The Morgan fingerprint density at radius 2 is 2.12 bits per heavy atom. The molecule has 0 radical (unpaired) electrons. The summed E-state index contributed by atoms with van der Waals surface area (Å²) < 4.78 is 0. The van der Waals surface area contributed by atoms with Crippen LogP contribution in [0.3, 0.4) is 0 Å². The van der Waals surface area contributed by atoms with Gasteiger partial charge in [-0.15, -0.1) is 10.2 Å². The first-order valence-electron chi connectivity index (χ1n) is 8.99. The molecule has 130 valence electrons. The van der Waals surface area contributed by atoms with Crippen LogP contribution in [0.5, 0.6) is 0 Å². The molecule has 2 aromatic heterocycles. The van der Waals surface area contributed by atoms with Gasteiger partial charge in [-0.25, -0.2) is 0 Å². The minimum absolute atomic E-state index is 0.0914. The lowest BCUT2D eigenvalue weighted by Crippen LogP contribution is -2.34. The fraction of sp³-hybridized carbons (Fsp3) is 0.556. The third-order valence-corrected chi connectivity index (χ3v) is 6.59. The molecule has 6 nitrogen and oxygen atoms in total. The van der Waals surface area contributed by atoms with E-state index in [0.29, 0.717) is 11.6 Å². The zero-order valence-electron chi connectivity index (χ0n) is 14.1. The Balaban J connectivity index is 1.29. The monoisotopic (exact) mass is 355 g/mol. The standard InChI is InChI=1S/C18H21N5OS/c24-16(15-9-14(3-6-19-15)13-1-2-13)22-7-4-18(10-22)5-8-23(11-18)17-21-20-12-25-17/h3,6,9,12-13H,1-2,4-5,7-8,10-11H2. The predicted molar refractivity (Wildman–Crippen MR) is 95.9 cm³/mol. The minimum Gasteiger partial charge on any atom is -0.346 e. The number of carbonyl (C=O) groups excluding carboxylic acids is 1. The molecule has 4 heterocycles. The average Bonchev–Trinajstić information content (AvgIpc) is 3.05. The molecule has 1 unspecified atom stereocenters. The summed E-state index contributed by atoms with van der Waals surface area (Å²) in [5.74, 6) is 0.739. The fourth-order valence-corrected chi connectivity index (χ4v) is 4.83. The summed E-state index contributed by atoms with van der Waals surface area (Å²) in [5, 5.41) is 9.14. The second-order valence-corrected chi connectivity index (χ2v) is 8.43. The third kappa shape index (κ3) is 2.80. The van der Waals surface area contributed by atoms with Crippen molar-refractivity contribution in [3.05, 3.63) is 35.1 Å². The van der Waals surface area contributed by atoms with Crippen molar-refractivity contribution in [2.45, 2.75) is 31.6 Å². The zero-order valence-corrected chi connectivity index (χ0v) is 14.9. The van der Waals surface area contributed by atoms with E-state index in [2.05, 4.69) is 26.1 Å². The van der Waals surface area contributed by atoms with Crippen LogP contribution in [0.25, 0.3) is 0 Å². The zero-order chi connectivity index (χ0) is 16.9. The number of hydrogen-bond donors (Lipinski definition) is 0. The van der Waals surface area contributed by atoms with Crippen LogP contribution >= 0.6 is 11.3 Å². The second kappa shape index (κ2) is 5.76. The predicted octanol–water partition coefficient (Wildman–Crippen LogP) is 2.55. The number of anilines is 1. The maximum Gasteiger partial charge on any atom is 0.272 e. The molecule has 25 heavy (non-hydrogen) atoms. The lowest BCUT2D eigenvalue weighted by atomic mass is 9.86. The van der Waals surface area contributed by atoms with E-state index in [1.807, 2.05) is 11.0 Å². The van der Waals surface area contributed by atoms with Crippen molar-refractivity contribution in [2.75, 3.05) is 31.1 Å². The Morgan fingerprint density at radius 1 is 1.24 bits per heavy atom. The van der Waals surface area contributed by atoms with Gasteiger partial charge in [0.1, 0.15) is 11.2 Å². The molecule has 3 fully saturated rings. The first-order chi connectivity index (χ1) is 12.2. The van der Waals surface area contributed by atoms with E-state index in [4.69, 9.17) is 0 Å². The van der Waals surface area contributed by atoms with Crippen LogP contribution in [0, 0.1) is 5.41 Å². The molecule has 2 aromatic rings. The lowest BCUT2D eigenvalue weighted by Gasteiger charge is -2.24. The van der Waals surface area contributed by atoms with Crippen LogP contribution in [0.15, 0.2) is 23.8 Å². The highest BCUT2D eigenvalue weighted by Crippen LogP contribution is 2.42. The quantitative estimate of drug-likeness (QED) is 0.847. The summed E-state index contributed by atoms with van der Waals surface area (Å²) in [6, 6.07) is 4.06. The van der Waals surface area contributed by atoms with E-state index >= 15 is 0 Å². The number of rotatable bonds is 3. The van der Waals surface area contributed by atoms with Crippen molar-refractivity contribution in [1.29, 1.82) is 0 Å². The number of likely N-dealkylation sites (tertiary alicyclic amines) is 1. The van der Waals surface area contributed by atoms with Crippen LogP contribution in [0.1, 0.15) is 47.7 Å². The van der Waals surface area contributed by atoms with E-state index in [1.54, 1.807) is 23.0 Å². The molecule has 3 aliphatic rings. The molecule has 2 saturated heterocycles. The Labute approximate surface area is 150 Å². The molecule has 1 saturated carbocycles. The third-order valence-electron chi connectivity index (χ3n) is 5.83. The molecule has 2 aliphatic heterocycles. The van der Waals surface area contributed by atoms with Gasteiger partial charge in [0.15, 0.2) is 0 Å². The highest BCUT2D eigenvalue weighted by atomic mass is 32.1. The summed E-state index contributed by atoms with van der Waals surface area (Å²) in [4.78, 5) is 21.6. The largest absolute Gasteiger partial charge is 0.346 e. The number of aromatic nitrogens is 3. The average molecular weight is 355 g/mol. The molecule has 0 N–H and O–H groups in total. The number of nitrogens with zero attached hydrogens (tertiary/aromatic N) is 5. The maximum atomic E-state index is 12.9. The Hall–Kier alpha value is -2.02. The number of carbonyl (C=O) groups is 1.